The highest BCUT2D eigenvalue weighted by Crippen LogP contribution is 2.30. The fraction of sp³-hybridized carbons (Fsp3) is 0.125. The standard InChI is InChI=1S/C8H6BrClN2O2S/c9-8-6(4-12)5(3-11)1-2-7(8)15(10,13)14/h1-2H,3,11H2. The van der Waals surface area contributed by atoms with Crippen LogP contribution < -0.4 is 5.73 Å². The minimum atomic E-state index is -3.86. The molecule has 0 atom stereocenters. The summed E-state index contributed by atoms with van der Waals surface area (Å²) in [7, 11) is 1.33. The third-order valence-electron chi connectivity index (χ3n) is 1.79. The molecule has 0 heterocycles. The van der Waals surface area contributed by atoms with E-state index in [0.29, 0.717) is 5.56 Å². The highest BCUT2D eigenvalue weighted by atomic mass is 79.9. The molecule has 0 unspecified atom stereocenters. The van der Waals surface area contributed by atoms with E-state index in [1.165, 1.54) is 12.1 Å². The highest BCUT2D eigenvalue weighted by Gasteiger charge is 2.18. The average Bonchev–Trinajstić information content (AvgIpc) is 2.15. The van der Waals surface area contributed by atoms with Gasteiger partial charge in [0.25, 0.3) is 9.05 Å². The van der Waals surface area contributed by atoms with Gasteiger partial charge < -0.3 is 5.73 Å². The van der Waals surface area contributed by atoms with E-state index >= 15 is 0 Å². The van der Waals surface area contributed by atoms with E-state index in [1.54, 1.807) is 0 Å². The smallest absolute Gasteiger partial charge is 0.262 e. The van der Waals surface area contributed by atoms with Gasteiger partial charge in [0.05, 0.1) is 14.9 Å². The second-order valence-electron chi connectivity index (χ2n) is 2.67. The van der Waals surface area contributed by atoms with E-state index in [9.17, 15) is 8.42 Å². The Kier molecular flexibility index (Phi) is 3.73. The summed E-state index contributed by atoms with van der Waals surface area (Å²) in [4.78, 5) is -0.127. The number of nitriles is 1. The van der Waals surface area contributed by atoms with Crippen molar-refractivity contribution in [1.29, 1.82) is 5.26 Å². The Morgan fingerprint density at radius 2 is 2.13 bits per heavy atom. The number of nitrogens with zero attached hydrogens (tertiary/aromatic N) is 1. The van der Waals surface area contributed by atoms with E-state index in [2.05, 4.69) is 15.9 Å². The van der Waals surface area contributed by atoms with Gasteiger partial charge in [-0.1, -0.05) is 6.07 Å². The molecule has 0 saturated heterocycles. The number of rotatable bonds is 2. The molecule has 1 aromatic rings. The van der Waals surface area contributed by atoms with Crippen molar-refractivity contribution in [2.24, 2.45) is 5.73 Å². The molecule has 1 aromatic carbocycles. The summed E-state index contributed by atoms with van der Waals surface area (Å²) < 4.78 is 22.4. The molecule has 0 bridgehead atoms. The summed E-state index contributed by atoms with van der Waals surface area (Å²) in [6.45, 7) is 0.157. The molecule has 1 rings (SSSR count). The molecule has 80 valence electrons. The molecule has 4 nitrogen and oxygen atoms in total. The molecule has 0 aliphatic heterocycles. The van der Waals surface area contributed by atoms with Crippen molar-refractivity contribution in [2.45, 2.75) is 11.4 Å². The van der Waals surface area contributed by atoms with E-state index in [4.69, 9.17) is 21.7 Å². The first-order chi connectivity index (χ1) is 6.91. The van der Waals surface area contributed by atoms with E-state index < -0.39 is 9.05 Å². The SMILES string of the molecule is N#Cc1c(CN)ccc(S(=O)(=O)Cl)c1Br. The van der Waals surface area contributed by atoms with E-state index in [-0.39, 0.29) is 21.5 Å². The zero-order chi connectivity index (χ0) is 11.6. The molecule has 2 N–H and O–H groups in total. The number of benzene rings is 1. The predicted octanol–water partition coefficient (Wildman–Crippen LogP) is 1.71. The second-order valence-corrected chi connectivity index (χ2v) is 5.99. The predicted molar refractivity (Wildman–Crippen MR) is 59.8 cm³/mol. The zero-order valence-electron chi connectivity index (χ0n) is 7.37. The van der Waals surface area contributed by atoms with Crippen molar-refractivity contribution in [3.8, 4) is 6.07 Å². The number of hydrogen-bond acceptors (Lipinski definition) is 4. The van der Waals surface area contributed by atoms with Crippen molar-refractivity contribution in [2.75, 3.05) is 0 Å². The normalized spacial score (nSPS) is 11.1. The van der Waals surface area contributed by atoms with Crippen LogP contribution in [-0.2, 0) is 15.6 Å². The van der Waals surface area contributed by atoms with Crippen LogP contribution in [0.4, 0.5) is 0 Å². The van der Waals surface area contributed by atoms with Crippen molar-refractivity contribution >= 4 is 35.7 Å². The Balaban J connectivity index is 3.59. The quantitative estimate of drug-likeness (QED) is 0.843. The van der Waals surface area contributed by atoms with Crippen LogP contribution in [0.5, 0.6) is 0 Å². The first kappa shape index (κ1) is 12.5. The van der Waals surface area contributed by atoms with Gasteiger partial charge in [-0.05, 0) is 27.6 Å². The Bertz CT molecular complexity index is 536. The van der Waals surface area contributed by atoms with Gasteiger partial charge in [-0.15, -0.1) is 0 Å². The van der Waals surface area contributed by atoms with Crippen LogP contribution in [0, 0.1) is 11.3 Å². The summed E-state index contributed by atoms with van der Waals surface area (Å²) >= 11 is 3.03. The number of halogens is 2. The van der Waals surface area contributed by atoms with E-state index in [1.807, 2.05) is 6.07 Å². The lowest BCUT2D eigenvalue weighted by atomic mass is 10.1. The second kappa shape index (κ2) is 4.49. The van der Waals surface area contributed by atoms with Gasteiger partial charge in [0.15, 0.2) is 0 Å². The van der Waals surface area contributed by atoms with Crippen molar-refractivity contribution in [3.05, 3.63) is 27.7 Å². The van der Waals surface area contributed by atoms with Gasteiger partial charge in [0.2, 0.25) is 0 Å². The molecule has 0 fully saturated rings. The Labute approximate surface area is 100 Å². The average molecular weight is 310 g/mol. The summed E-state index contributed by atoms with van der Waals surface area (Å²) in [6.07, 6.45) is 0. The van der Waals surface area contributed by atoms with Gasteiger partial charge in [0.1, 0.15) is 6.07 Å². The lowest BCUT2D eigenvalue weighted by molar-refractivity contribution is 0.609. The van der Waals surface area contributed by atoms with Gasteiger partial charge >= 0.3 is 0 Å². The summed E-state index contributed by atoms with van der Waals surface area (Å²) in [5.41, 5.74) is 6.16. The molecule has 0 aliphatic rings. The van der Waals surface area contributed by atoms with Crippen molar-refractivity contribution in [3.63, 3.8) is 0 Å². The van der Waals surface area contributed by atoms with Gasteiger partial charge in [-0.3, -0.25) is 0 Å². The van der Waals surface area contributed by atoms with Crippen LogP contribution in [-0.4, -0.2) is 8.42 Å². The molecule has 7 heteroatoms. The molecule has 0 aliphatic carbocycles. The van der Waals surface area contributed by atoms with E-state index in [0.717, 1.165) is 0 Å². The summed E-state index contributed by atoms with van der Waals surface area (Å²) in [6, 6.07) is 4.66. The minimum absolute atomic E-state index is 0.127. The maximum absolute atomic E-state index is 11.1. The highest BCUT2D eigenvalue weighted by molar-refractivity contribution is 9.10. The molecular formula is C8H6BrClN2O2S. The zero-order valence-corrected chi connectivity index (χ0v) is 10.5. The minimum Gasteiger partial charge on any atom is -0.326 e. The topological polar surface area (TPSA) is 83.9 Å². The van der Waals surface area contributed by atoms with Crippen LogP contribution in [0.25, 0.3) is 0 Å². The molecule has 0 spiro atoms. The first-order valence-corrected chi connectivity index (χ1v) is 6.88. The van der Waals surface area contributed by atoms with Gasteiger partial charge in [-0.25, -0.2) is 8.42 Å². The van der Waals surface area contributed by atoms with Crippen molar-refractivity contribution < 1.29 is 8.42 Å². The lowest BCUT2D eigenvalue weighted by Gasteiger charge is -2.06. The molecule has 0 aromatic heterocycles. The maximum atomic E-state index is 11.1. The molecule has 0 saturated carbocycles. The summed E-state index contributed by atoms with van der Waals surface area (Å²) in [5.74, 6) is 0. The van der Waals surface area contributed by atoms with Crippen LogP contribution in [0.3, 0.4) is 0 Å². The fourth-order valence-electron chi connectivity index (χ4n) is 1.08. The Morgan fingerprint density at radius 3 is 2.53 bits per heavy atom. The first-order valence-electron chi connectivity index (χ1n) is 3.78. The van der Waals surface area contributed by atoms with Crippen LogP contribution in [0.2, 0.25) is 0 Å². The number of hydrogen-bond donors (Lipinski definition) is 1. The van der Waals surface area contributed by atoms with Crippen LogP contribution in [0.15, 0.2) is 21.5 Å². The lowest BCUT2D eigenvalue weighted by Crippen LogP contribution is -2.03. The fourth-order valence-corrected chi connectivity index (χ4v) is 3.40. The molecule has 0 amide bonds. The summed E-state index contributed by atoms with van der Waals surface area (Å²) in [5, 5.41) is 8.85. The third kappa shape index (κ3) is 2.49. The maximum Gasteiger partial charge on any atom is 0.262 e. The Hall–Kier alpha value is -0.610. The monoisotopic (exact) mass is 308 g/mol. The number of nitrogens with two attached hydrogens (primary N) is 1. The largest absolute Gasteiger partial charge is 0.326 e. The van der Waals surface area contributed by atoms with Gasteiger partial charge in [-0.2, -0.15) is 5.26 Å². The van der Waals surface area contributed by atoms with Crippen molar-refractivity contribution in [1.82, 2.24) is 0 Å². The van der Waals surface area contributed by atoms with Crippen LogP contribution >= 0.6 is 26.6 Å². The van der Waals surface area contributed by atoms with Gasteiger partial charge in [0, 0.05) is 17.2 Å². The molecular weight excluding hydrogens is 304 g/mol. The molecule has 15 heavy (non-hydrogen) atoms. The Morgan fingerprint density at radius 1 is 1.53 bits per heavy atom. The molecule has 0 radical (unpaired) electrons. The third-order valence-corrected chi connectivity index (χ3v) is 4.24. The van der Waals surface area contributed by atoms with Crippen LogP contribution in [0.1, 0.15) is 11.1 Å².